The molecule has 0 bridgehead atoms. The molecule has 0 atom stereocenters. The third-order valence-corrected chi connectivity index (χ3v) is 3.89. The van der Waals surface area contributed by atoms with Crippen LogP contribution in [0.3, 0.4) is 0 Å². The average molecular weight is 418 g/mol. The number of likely N-dealkylation sites (N-methyl/N-ethyl adjacent to an activating group) is 1. The molecule has 2 amide bonds. The smallest absolute Gasteiger partial charge is 0.437 e. The van der Waals surface area contributed by atoms with Crippen LogP contribution in [0, 0.1) is 0 Å². The lowest BCUT2D eigenvalue weighted by atomic mass is 10.1. The van der Waals surface area contributed by atoms with E-state index in [1.165, 1.54) is 4.90 Å². The lowest BCUT2D eigenvalue weighted by Gasteiger charge is -2.36. The fourth-order valence-electron chi connectivity index (χ4n) is 2.67. The van der Waals surface area contributed by atoms with Gasteiger partial charge in [-0.1, -0.05) is 0 Å². The van der Waals surface area contributed by atoms with E-state index < -0.39 is 23.4 Å². The van der Waals surface area contributed by atoms with E-state index in [0.717, 1.165) is 5.56 Å². The van der Waals surface area contributed by atoms with Gasteiger partial charge in [-0.3, -0.25) is 0 Å². The molecule has 0 radical (unpaired) electrons. The third-order valence-electron chi connectivity index (χ3n) is 3.89. The lowest BCUT2D eigenvalue weighted by Crippen LogP contribution is -2.50. The second-order valence-corrected chi connectivity index (χ2v) is 8.91. The van der Waals surface area contributed by atoms with Gasteiger partial charge in [0.15, 0.2) is 0 Å². The highest BCUT2D eigenvalue weighted by Crippen LogP contribution is 2.28. The molecule has 0 N–H and O–H groups in total. The van der Waals surface area contributed by atoms with Gasteiger partial charge in [0.05, 0.1) is 12.8 Å². The van der Waals surface area contributed by atoms with E-state index in [2.05, 4.69) is 4.99 Å². The zero-order valence-corrected chi connectivity index (χ0v) is 19.0. The van der Waals surface area contributed by atoms with Gasteiger partial charge in [0.25, 0.3) is 0 Å². The van der Waals surface area contributed by atoms with Crippen molar-refractivity contribution in [2.24, 2.45) is 4.99 Å². The largest absolute Gasteiger partial charge is 0.497 e. The minimum absolute atomic E-state index is 0.131. The number of aliphatic imine (C=N–C) groups is 1. The van der Waals surface area contributed by atoms with E-state index in [-0.39, 0.29) is 5.96 Å². The Hall–Kier alpha value is -3.03. The van der Waals surface area contributed by atoms with E-state index in [1.54, 1.807) is 72.7 Å². The molecule has 0 fully saturated rings. The van der Waals surface area contributed by atoms with Crippen molar-refractivity contribution in [3.8, 4) is 5.75 Å². The topological polar surface area (TPSA) is 80.7 Å². The van der Waals surface area contributed by atoms with Crippen molar-refractivity contribution in [1.29, 1.82) is 0 Å². The predicted molar refractivity (Wildman–Crippen MR) is 115 cm³/mol. The first-order valence-corrected chi connectivity index (χ1v) is 9.71. The summed E-state index contributed by atoms with van der Waals surface area (Å²) in [6.45, 7) is 11.0. The quantitative estimate of drug-likeness (QED) is 0.704. The highest BCUT2D eigenvalue weighted by atomic mass is 16.6. The first-order valence-electron chi connectivity index (χ1n) is 9.71. The van der Waals surface area contributed by atoms with Crippen LogP contribution in [0.15, 0.2) is 35.3 Å². The summed E-state index contributed by atoms with van der Waals surface area (Å²) in [4.78, 5) is 32.6. The van der Waals surface area contributed by atoms with Crippen molar-refractivity contribution in [3.63, 3.8) is 0 Å². The number of methoxy groups -OCH3 is 1. The third kappa shape index (κ3) is 6.23. The first-order chi connectivity index (χ1) is 13.8. The van der Waals surface area contributed by atoms with Crippen LogP contribution in [-0.2, 0) is 9.47 Å². The van der Waals surface area contributed by atoms with Crippen LogP contribution in [0.2, 0.25) is 0 Å². The molecule has 1 aromatic carbocycles. The van der Waals surface area contributed by atoms with Crippen LogP contribution in [0.4, 0.5) is 9.59 Å². The zero-order chi connectivity index (χ0) is 22.7. The molecule has 2 rings (SSSR count). The summed E-state index contributed by atoms with van der Waals surface area (Å²) >= 11 is 0. The fraction of sp³-hybridized carbons (Fsp3) is 0.500. The van der Waals surface area contributed by atoms with E-state index in [9.17, 15) is 9.59 Å². The number of ether oxygens (including phenoxy) is 3. The number of benzene rings is 1. The molecule has 0 spiro atoms. The summed E-state index contributed by atoms with van der Waals surface area (Å²) in [6.07, 6.45) is 0.451. The van der Waals surface area contributed by atoms with Crippen molar-refractivity contribution in [2.75, 3.05) is 20.7 Å². The molecule has 30 heavy (non-hydrogen) atoms. The van der Waals surface area contributed by atoms with Gasteiger partial charge < -0.3 is 19.1 Å². The number of hydrogen-bond acceptors (Lipinski definition) is 5. The van der Waals surface area contributed by atoms with E-state index >= 15 is 0 Å². The number of guanidine groups is 1. The second kappa shape index (κ2) is 8.77. The van der Waals surface area contributed by atoms with Gasteiger partial charge >= 0.3 is 12.2 Å². The summed E-state index contributed by atoms with van der Waals surface area (Å²) in [5.74, 6) is 0.825. The van der Waals surface area contributed by atoms with Crippen molar-refractivity contribution < 1.29 is 23.8 Å². The molecule has 0 aromatic heterocycles. The monoisotopic (exact) mass is 417 g/mol. The SMILES string of the molecule is COc1ccc(C2=CCN(C)/C(=N\C(=O)OC(C)(C)C)N2C(=O)OC(C)(C)C)cc1. The van der Waals surface area contributed by atoms with E-state index in [4.69, 9.17) is 14.2 Å². The number of hydrogen-bond donors (Lipinski definition) is 0. The molecular formula is C22H31N3O5. The molecule has 164 valence electrons. The van der Waals surface area contributed by atoms with Crippen molar-refractivity contribution in [3.05, 3.63) is 35.9 Å². The highest BCUT2D eigenvalue weighted by molar-refractivity contribution is 6.07. The van der Waals surface area contributed by atoms with Gasteiger partial charge in [-0.25, -0.2) is 14.5 Å². The summed E-state index contributed by atoms with van der Waals surface area (Å²) in [6, 6.07) is 7.26. The fourth-order valence-corrected chi connectivity index (χ4v) is 2.67. The summed E-state index contributed by atoms with van der Waals surface area (Å²) in [5.41, 5.74) is -0.117. The summed E-state index contributed by atoms with van der Waals surface area (Å²) < 4.78 is 16.1. The molecule has 1 heterocycles. The maximum absolute atomic E-state index is 13.1. The molecule has 8 heteroatoms. The minimum atomic E-state index is -0.783. The molecule has 0 saturated carbocycles. The van der Waals surface area contributed by atoms with Gasteiger partial charge in [0, 0.05) is 13.6 Å². The van der Waals surface area contributed by atoms with Gasteiger partial charge in [0.1, 0.15) is 17.0 Å². The number of amides is 2. The standard InChI is InChI=1S/C22H31N3O5/c1-21(2,3)29-19(26)23-18-24(7)14-13-17(15-9-11-16(28-8)12-10-15)25(18)20(27)30-22(4,5)6/h9-13H,14H2,1-8H3/b23-18+. The molecular weight excluding hydrogens is 386 g/mol. The number of rotatable bonds is 2. The van der Waals surface area contributed by atoms with Crippen LogP contribution >= 0.6 is 0 Å². The molecule has 0 aliphatic carbocycles. The maximum Gasteiger partial charge on any atom is 0.437 e. The number of carbonyl (C=O) groups excluding carboxylic acids is 2. The van der Waals surface area contributed by atoms with Gasteiger partial charge in [-0.05, 0) is 77.4 Å². The molecule has 0 saturated heterocycles. The second-order valence-electron chi connectivity index (χ2n) is 8.91. The Bertz CT molecular complexity index is 845. The normalized spacial score (nSPS) is 16.3. The summed E-state index contributed by atoms with van der Waals surface area (Å²) in [5, 5.41) is 0. The Morgan fingerprint density at radius 2 is 1.53 bits per heavy atom. The van der Waals surface area contributed by atoms with Crippen LogP contribution < -0.4 is 4.74 Å². The van der Waals surface area contributed by atoms with E-state index in [0.29, 0.717) is 18.0 Å². The highest BCUT2D eigenvalue weighted by Gasteiger charge is 2.35. The predicted octanol–water partition coefficient (Wildman–Crippen LogP) is 4.51. The van der Waals surface area contributed by atoms with Gasteiger partial charge in [-0.15, -0.1) is 4.99 Å². The first kappa shape index (κ1) is 23.3. The Morgan fingerprint density at radius 3 is 2.03 bits per heavy atom. The van der Waals surface area contributed by atoms with Gasteiger partial charge in [0.2, 0.25) is 5.96 Å². The van der Waals surface area contributed by atoms with Crippen LogP contribution in [0.1, 0.15) is 47.1 Å². The van der Waals surface area contributed by atoms with Crippen LogP contribution in [0.5, 0.6) is 5.75 Å². The van der Waals surface area contributed by atoms with E-state index in [1.807, 2.05) is 18.2 Å². The summed E-state index contributed by atoms with van der Waals surface area (Å²) in [7, 11) is 3.32. The molecule has 8 nitrogen and oxygen atoms in total. The van der Waals surface area contributed by atoms with Crippen LogP contribution in [-0.4, -0.2) is 59.9 Å². The Labute approximate surface area is 178 Å². The zero-order valence-electron chi connectivity index (χ0n) is 19.0. The van der Waals surface area contributed by atoms with Crippen molar-refractivity contribution >= 4 is 23.8 Å². The number of carbonyl (C=O) groups is 2. The van der Waals surface area contributed by atoms with Gasteiger partial charge in [-0.2, -0.15) is 0 Å². The molecule has 1 aliphatic rings. The Morgan fingerprint density at radius 1 is 0.967 bits per heavy atom. The molecule has 1 aliphatic heterocycles. The Balaban J connectivity index is 2.51. The molecule has 0 unspecified atom stereocenters. The number of nitrogens with zero attached hydrogens (tertiary/aromatic N) is 3. The molecule has 1 aromatic rings. The lowest BCUT2D eigenvalue weighted by molar-refractivity contribution is 0.0420. The Kier molecular flexibility index (Phi) is 6.80. The average Bonchev–Trinajstić information content (AvgIpc) is 2.60. The maximum atomic E-state index is 13.1. The minimum Gasteiger partial charge on any atom is -0.497 e. The van der Waals surface area contributed by atoms with Crippen molar-refractivity contribution in [1.82, 2.24) is 9.80 Å². The van der Waals surface area contributed by atoms with Crippen LogP contribution in [0.25, 0.3) is 5.70 Å². The van der Waals surface area contributed by atoms with Crippen molar-refractivity contribution in [2.45, 2.75) is 52.7 Å².